The first-order chi connectivity index (χ1) is 18.5. The average molecular weight is 508 g/mol. The lowest BCUT2D eigenvalue weighted by Gasteiger charge is -2.12. The Morgan fingerprint density at radius 3 is 2.71 bits per heavy atom. The first-order valence-corrected chi connectivity index (χ1v) is 12.4. The molecule has 0 aliphatic heterocycles. The Morgan fingerprint density at radius 2 is 1.92 bits per heavy atom. The molecule has 2 aromatic carbocycles. The topological polar surface area (TPSA) is 85.0 Å². The summed E-state index contributed by atoms with van der Waals surface area (Å²) in [6.07, 6.45) is 7.05. The van der Waals surface area contributed by atoms with Gasteiger partial charge in [-0.05, 0) is 74.6 Å². The van der Waals surface area contributed by atoms with Crippen LogP contribution in [0.15, 0.2) is 78.6 Å². The van der Waals surface area contributed by atoms with Crippen molar-refractivity contribution in [2.24, 2.45) is 4.99 Å². The maximum Gasteiger partial charge on any atom is 0.125 e. The number of H-pyrrole nitrogens is 2. The zero-order valence-corrected chi connectivity index (χ0v) is 21.7. The molecule has 5 aromatic rings. The number of aliphatic imine (C=N–C) groups is 1. The molecule has 38 heavy (non-hydrogen) atoms. The molecule has 0 saturated heterocycles. The molecule has 3 N–H and O–H groups in total. The molecule has 192 valence electrons. The summed E-state index contributed by atoms with van der Waals surface area (Å²) < 4.78 is 14.6. The smallest absolute Gasteiger partial charge is 0.125 e. The molecule has 5 rings (SSSR count). The third-order valence-corrected chi connectivity index (χ3v) is 6.39. The Balaban J connectivity index is 1.55. The van der Waals surface area contributed by atoms with Crippen molar-refractivity contribution in [3.8, 4) is 22.6 Å². The van der Waals surface area contributed by atoms with Crippen LogP contribution in [0.4, 0.5) is 10.1 Å². The van der Waals surface area contributed by atoms with Crippen molar-refractivity contribution in [2.75, 3.05) is 32.5 Å². The molecule has 0 aliphatic carbocycles. The van der Waals surface area contributed by atoms with Crippen molar-refractivity contribution in [3.63, 3.8) is 0 Å². The van der Waals surface area contributed by atoms with Gasteiger partial charge in [0, 0.05) is 59.2 Å². The van der Waals surface area contributed by atoms with Crippen LogP contribution in [0.2, 0.25) is 0 Å². The Morgan fingerprint density at radius 1 is 1.08 bits per heavy atom. The molecule has 7 nitrogen and oxygen atoms in total. The van der Waals surface area contributed by atoms with E-state index in [0.717, 1.165) is 56.6 Å². The highest BCUT2D eigenvalue weighted by Crippen LogP contribution is 2.34. The van der Waals surface area contributed by atoms with Gasteiger partial charge in [-0.25, -0.2) is 4.39 Å². The highest BCUT2D eigenvalue weighted by Gasteiger charge is 2.16. The molecular weight excluding hydrogens is 477 g/mol. The van der Waals surface area contributed by atoms with Crippen LogP contribution in [0.5, 0.6) is 0 Å². The first kappa shape index (κ1) is 25.1. The largest absolute Gasteiger partial charge is 0.384 e. The third kappa shape index (κ3) is 5.12. The summed E-state index contributed by atoms with van der Waals surface area (Å²) in [4.78, 5) is 14.4. The van der Waals surface area contributed by atoms with E-state index in [-0.39, 0.29) is 5.82 Å². The number of halogens is 1. The summed E-state index contributed by atoms with van der Waals surface area (Å²) in [7, 11) is 4.01. The minimum absolute atomic E-state index is 0.310. The fraction of sp³-hybridized carbons (Fsp3) is 0.167. The van der Waals surface area contributed by atoms with E-state index in [9.17, 15) is 4.39 Å². The number of aromatic nitrogens is 4. The van der Waals surface area contributed by atoms with Gasteiger partial charge < -0.3 is 15.2 Å². The lowest BCUT2D eigenvalue weighted by molar-refractivity contribution is 0.425. The second-order valence-electron chi connectivity index (χ2n) is 9.30. The highest BCUT2D eigenvalue weighted by molar-refractivity contribution is 6.11. The summed E-state index contributed by atoms with van der Waals surface area (Å²) in [5.41, 5.74) is 7.63. The fourth-order valence-corrected chi connectivity index (χ4v) is 4.51. The molecular formula is C30H30FN7. The third-order valence-electron chi connectivity index (χ3n) is 6.39. The van der Waals surface area contributed by atoms with Crippen LogP contribution in [0.1, 0.15) is 12.5 Å². The van der Waals surface area contributed by atoms with Crippen molar-refractivity contribution in [1.82, 2.24) is 25.1 Å². The van der Waals surface area contributed by atoms with E-state index in [1.54, 1.807) is 12.4 Å². The quantitative estimate of drug-likeness (QED) is 0.199. The maximum absolute atomic E-state index is 14.6. The molecule has 8 heteroatoms. The zero-order chi connectivity index (χ0) is 26.6. The van der Waals surface area contributed by atoms with Gasteiger partial charge in [0.2, 0.25) is 0 Å². The molecule has 0 spiro atoms. The van der Waals surface area contributed by atoms with Crippen LogP contribution < -0.4 is 5.32 Å². The molecule has 0 atom stereocenters. The number of allylic oxidation sites excluding steroid dienone is 2. The summed E-state index contributed by atoms with van der Waals surface area (Å²) >= 11 is 0. The first-order valence-electron chi connectivity index (χ1n) is 12.4. The molecule has 0 amide bonds. The maximum atomic E-state index is 14.6. The van der Waals surface area contributed by atoms with Crippen molar-refractivity contribution >= 4 is 39.3 Å². The van der Waals surface area contributed by atoms with Crippen LogP contribution in [0.25, 0.3) is 50.0 Å². The van der Waals surface area contributed by atoms with E-state index in [0.29, 0.717) is 17.8 Å². The number of aromatic amines is 2. The molecule has 0 radical (unpaired) electrons. The van der Waals surface area contributed by atoms with Gasteiger partial charge >= 0.3 is 0 Å². The number of hydrogen-bond donors (Lipinski definition) is 3. The summed E-state index contributed by atoms with van der Waals surface area (Å²) in [6.45, 7) is 7.19. The Kier molecular flexibility index (Phi) is 7.15. The zero-order valence-electron chi connectivity index (χ0n) is 21.7. The highest BCUT2D eigenvalue weighted by atomic mass is 19.1. The van der Waals surface area contributed by atoms with E-state index >= 15 is 0 Å². The van der Waals surface area contributed by atoms with Crippen molar-refractivity contribution in [2.45, 2.75) is 6.92 Å². The minimum atomic E-state index is -0.310. The van der Waals surface area contributed by atoms with Crippen molar-refractivity contribution < 1.29 is 4.39 Å². The molecule has 0 bridgehead atoms. The number of pyridine rings is 1. The van der Waals surface area contributed by atoms with Crippen molar-refractivity contribution in [1.29, 1.82) is 0 Å². The summed E-state index contributed by atoms with van der Waals surface area (Å²) in [6, 6.07) is 15.1. The number of anilines is 1. The van der Waals surface area contributed by atoms with E-state index in [4.69, 9.17) is 0 Å². The number of fused-ring (bicyclic) bond motifs is 2. The summed E-state index contributed by atoms with van der Waals surface area (Å²) in [5.74, 6) is -0.310. The normalized spacial score (nSPS) is 12.3. The molecule has 0 fully saturated rings. The molecule has 3 aromatic heterocycles. The van der Waals surface area contributed by atoms with Gasteiger partial charge in [-0.2, -0.15) is 5.10 Å². The van der Waals surface area contributed by atoms with Gasteiger partial charge in [0.05, 0.1) is 16.9 Å². The molecule has 0 unspecified atom stereocenters. The number of likely N-dealkylation sites (N-methyl/N-ethyl adjacent to an activating group) is 1. The molecule has 0 aliphatic rings. The average Bonchev–Trinajstić information content (AvgIpc) is 3.52. The minimum Gasteiger partial charge on any atom is -0.384 e. The Labute approximate surface area is 220 Å². The van der Waals surface area contributed by atoms with Crippen LogP contribution in [0, 0.1) is 5.82 Å². The monoisotopic (exact) mass is 507 g/mol. The van der Waals surface area contributed by atoms with Gasteiger partial charge in [-0.15, -0.1) is 0 Å². The predicted molar refractivity (Wildman–Crippen MR) is 156 cm³/mol. The number of benzene rings is 2. The lowest BCUT2D eigenvalue weighted by atomic mass is 10.0. The second kappa shape index (κ2) is 10.8. The molecule has 0 saturated carbocycles. The van der Waals surface area contributed by atoms with E-state index in [1.165, 1.54) is 18.3 Å². The van der Waals surface area contributed by atoms with Gasteiger partial charge in [0.1, 0.15) is 11.5 Å². The van der Waals surface area contributed by atoms with Gasteiger partial charge in [-0.1, -0.05) is 18.7 Å². The van der Waals surface area contributed by atoms with Crippen LogP contribution in [-0.2, 0) is 0 Å². The van der Waals surface area contributed by atoms with Crippen molar-refractivity contribution in [3.05, 3.63) is 85.0 Å². The van der Waals surface area contributed by atoms with Gasteiger partial charge in [0.15, 0.2) is 0 Å². The van der Waals surface area contributed by atoms with Crippen LogP contribution in [-0.4, -0.2) is 58.5 Å². The number of nitrogens with zero attached hydrogens (tertiary/aromatic N) is 4. The Hall–Kier alpha value is -4.56. The van der Waals surface area contributed by atoms with Crippen LogP contribution in [0.3, 0.4) is 0 Å². The van der Waals surface area contributed by atoms with Gasteiger partial charge in [-0.3, -0.25) is 15.1 Å². The lowest BCUT2D eigenvalue weighted by Crippen LogP contribution is -2.20. The van der Waals surface area contributed by atoms with Crippen LogP contribution >= 0.6 is 0 Å². The summed E-state index contributed by atoms with van der Waals surface area (Å²) in [5, 5.41) is 12.9. The van der Waals surface area contributed by atoms with Gasteiger partial charge in [0.25, 0.3) is 0 Å². The number of hydrogen-bond acceptors (Lipinski definition) is 5. The number of nitrogens with one attached hydrogen (secondary N) is 3. The number of rotatable bonds is 9. The van der Waals surface area contributed by atoms with E-state index < -0.39 is 0 Å². The Bertz CT molecular complexity index is 1670. The standard InChI is InChI=1S/C30H30FN7/c1-5-19(18-32-6-2)20-7-8-27-24(15-20)30(37-36-27)28-17-25-26(35-28)9-10-34-29(25)21-13-22(31)16-23(14-21)33-11-12-38(3)4/h5-10,13-18,33,35H,2,11-12H2,1,3-4H3,(H,36,37)/b19-5+,32-18?. The molecule has 3 heterocycles. The SMILES string of the molecule is C=CN=C/C(=C\C)c1ccc2[nH]nc(-c3cc4c(-c5cc(F)cc(NCCN(C)C)c5)nccc4[nH]3)c2c1. The van der Waals surface area contributed by atoms with E-state index in [2.05, 4.69) is 48.0 Å². The fourth-order valence-electron chi connectivity index (χ4n) is 4.51. The second-order valence-corrected chi connectivity index (χ2v) is 9.30. The predicted octanol–water partition coefficient (Wildman–Crippen LogP) is 6.50. The van der Waals surface area contributed by atoms with E-state index in [1.807, 2.05) is 57.4 Å².